The molecule has 1 amide bonds. The van der Waals surface area contributed by atoms with Gasteiger partial charge in [-0.25, -0.2) is 9.97 Å². The van der Waals surface area contributed by atoms with Gasteiger partial charge in [-0.3, -0.25) is 20.6 Å². The summed E-state index contributed by atoms with van der Waals surface area (Å²) in [5, 5.41) is 6.04. The highest BCUT2D eigenvalue weighted by Crippen LogP contribution is 2.29. The van der Waals surface area contributed by atoms with Crippen LogP contribution in [0.25, 0.3) is 21.7 Å². The fourth-order valence-corrected chi connectivity index (χ4v) is 3.53. The number of benzene rings is 3. The third-order valence-electron chi connectivity index (χ3n) is 5.10. The van der Waals surface area contributed by atoms with Gasteiger partial charge in [-0.1, -0.05) is 54.6 Å². The SMILES string of the molecule is Nc1c(NNC(=O)c2cccc3ccccc23)ncnc1Nc1cccc2cccnc12. The van der Waals surface area contributed by atoms with E-state index in [9.17, 15) is 4.79 Å². The van der Waals surface area contributed by atoms with Gasteiger partial charge in [0.1, 0.15) is 12.0 Å². The van der Waals surface area contributed by atoms with E-state index in [4.69, 9.17) is 5.73 Å². The number of fused-ring (bicyclic) bond motifs is 2. The summed E-state index contributed by atoms with van der Waals surface area (Å²) in [5.74, 6) is 0.386. The zero-order valence-electron chi connectivity index (χ0n) is 16.9. The molecular formula is C24H19N7O. The highest BCUT2D eigenvalue weighted by molar-refractivity contribution is 6.07. The van der Waals surface area contributed by atoms with Crippen molar-refractivity contribution in [2.24, 2.45) is 0 Å². The van der Waals surface area contributed by atoms with E-state index in [0.29, 0.717) is 11.4 Å². The summed E-state index contributed by atoms with van der Waals surface area (Å²) in [6.07, 6.45) is 3.09. The van der Waals surface area contributed by atoms with E-state index < -0.39 is 0 Å². The van der Waals surface area contributed by atoms with Crippen LogP contribution in [-0.2, 0) is 0 Å². The number of nitrogens with one attached hydrogen (secondary N) is 3. The Morgan fingerprint density at radius 2 is 1.53 bits per heavy atom. The van der Waals surface area contributed by atoms with Crippen molar-refractivity contribution >= 4 is 50.6 Å². The Kier molecular flexibility index (Phi) is 4.93. The van der Waals surface area contributed by atoms with E-state index >= 15 is 0 Å². The van der Waals surface area contributed by atoms with E-state index in [-0.39, 0.29) is 17.4 Å². The lowest BCUT2D eigenvalue weighted by Gasteiger charge is -2.14. The number of carbonyl (C=O) groups is 1. The molecule has 0 saturated heterocycles. The highest BCUT2D eigenvalue weighted by Gasteiger charge is 2.13. The lowest BCUT2D eigenvalue weighted by Crippen LogP contribution is -2.30. The molecule has 156 valence electrons. The molecule has 0 radical (unpaired) electrons. The molecule has 0 atom stereocenters. The molecule has 5 aromatic rings. The first-order chi connectivity index (χ1) is 15.7. The van der Waals surface area contributed by atoms with E-state index in [0.717, 1.165) is 27.4 Å². The van der Waals surface area contributed by atoms with Gasteiger partial charge in [-0.2, -0.15) is 0 Å². The van der Waals surface area contributed by atoms with Crippen molar-refractivity contribution in [1.82, 2.24) is 20.4 Å². The standard InChI is InChI=1S/C24H19N7O/c25-20-22(29-19-12-4-8-16-9-5-13-26-21(16)19)27-14-28-23(20)30-31-24(32)18-11-3-7-15-6-1-2-10-17(15)18/h1-14H,25H2,(H,31,32)(H2,27,28,29,30). The summed E-state index contributed by atoms with van der Waals surface area (Å²) in [5.41, 5.74) is 14.1. The Balaban J connectivity index is 1.37. The largest absolute Gasteiger partial charge is 0.393 e. The normalized spacial score (nSPS) is 10.8. The average Bonchev–Trinajstić information content (AvgIpc) is 2.84. The predicted octanol–water partition coefficient (Wildman–Crippen LogP) is 4.26. The van der Waals surface area contributed by atoms with Crippen molar-refractivity contribution in [3.05, 3.63) is 90.9 Å². The predicted molar refractivity (Wildman–Crippen MR) is 127 cm³/mol. The second-order valence-electron chi connectivity index (χ2n) is 7.10. The molecule has 0 unspecified atom stereocenters. The van der Waals surface area contributed by atoms with Crippen LogP contribution in [0.3, 0.4) is 0 Å². The highest BCUT2D eigenvalue weighted by atomic mass is 16.2. The summed E-state index contributed by atoms with van der Waals surface area (Å²) in [6.45, 7) is 0. The van der Waals surface area contributed by atoms with Crippen LogP contribution in [-0.4, -0.2) is 20.9 Å². The Labute approximate surface area is 183 Å². The second kappa shape index (κ2) is 8.19. The number of carbonyl (C=O) groups excluding carboxylic acids is 1. The molecule has 3 aromatic carbocycles. The van der Waals surface area contributed by atoms with Crippen molar-refractivity contribution in [2.45, 2.75) is 0 Å². The van der Waals surface area contributed by atoms with Gasteiger partial charge in [-0.15, -0.1) is 0 Å². The lowest BCUT2D eigenvalue weighted by atomic mass is 10.0. The molecule has 0 aliphatic heterocycles. The summed E-state index contributed by atoms with van der Waals surface area (Å²) >= 11 is 0. The van der Waals surface area contributed by atoms with Gasteiger partial charge < -0.3 is 11.1 Å². The number of nitrogens with zero attached hydrogens (tertiary/aromatic N) is 3. The summed E-state index contributed by atoms with van der Waals surface area (Å²) in [4.78, 5) is 25.6. The topological polar surface area (TPSA) is 118 Å². The molecule has 0 bridgehead atoms. The molecular weight excluding hydrogens is 402 g/mol. The molecule has 0 spiro atoms. The van der Waals surface area contributed by atoms with E-state index in [2.05, 4.69) is 31.1 Å². The number of amides is 1. The smallest absolute Gasteiger partial charge is 0.270 e. The summed E-state index contributed by atoms with van der Waals surface area (Å²) in [6, 6.07) is 22.9. The number of hydrazine groups is 1. The van der Waals surface area contributed by atoms with Gasteiger partial charge >= 0.3 is 0 Å². The van der Waals surface area contributed by atoms with Crippen LogP contribution < -0.4 is 21.9 Å². The van der Waals surface area contributed by atoms with Crippen LogP contribution in [0.5, 0.6) is 0 Å². The van der Waals surface area contributed by atoms with Crippen LogP contribution in [0, 0.1) is 0 Å². The van der Waals surface area contributed by atoms with Crippen LogP contribution in [0.4, 0.5) is 23.0 Å². The number of anilines is 4. The molecule has 2 heterocycles. The van der Waals surface area contributed by atoms with E-state index in [1.54, 1.807) is 12.3 Å². The fraction of sp³-hybridized carbons (Fsp3) is 0. The average molecular weight is 421 g/mol. The maximum absolute atomic E-state index is 12.8. The molecule has 2 aromatic heterocycles. The monoisotopic (exact) mass is 421 g/mol. The zero-order chi connectivity index (χ0) is 21.9. The zero-order valence-corrected chi connectivity index (χ0v) is 16.9. The van der Waals surface area contributed by atoms with E-state index in [1.807, 2.05) is 66.7 Å². The first kappa shape index (κ1) is 19.3. The molecule has 5 N–H and O–H groups in total. The quantitative estimate of drug-likeness (QED) is 0.313. The Morgan fingerprint density at radius 1 is 0.781 bits per heavy atom. The Morgan fingerprint density at radius 3 is 2.47 bits per heavy atom. The maximum atomic E-state index is 12.8. The van der Waals surface area contributed by atoms with Crippen molar-refractivity contribution in [3.63, 3.8) is 0 Å². The molecule has 8 nitrogen and oxygen atoms in total. The molecule has 0 fully saturated rings. The second-order valence-corrected chi connectivity index (χ2v) is 7.10. The lowest BCUT2D eigenvalue weighted by molar-refractivity contribution is 0.0964. The number of rotatable bonds is 5. The van der Waals surface area contributed by atoms with Gasteiger partial charge in [0.15, 0.2) is 11.6 Å². The molecule has 0 aliphatic carbocycles. The van der Waals surface area contributed by atoms with Gasteiger partial charge in [0.05, 0.1) is 11.2 Å². The van der Waals surface area contributed by atoms with E-state index in [1.165, 1.54) is 6.33 Å². The molecule has 0 aliphatic rings. The van der Waals surface area contributed by atoms with Crippen LogP contribution in [0.2, 0.25) is 0 Å². The molecule has 0 saturated carbocycles. The van der Waals surface area contributed by atoms with Crippen LogP contribution >= 0.6 is 0 Å². The summed E-state index contributed by atoms with van der Waals surface area (Å²) < 4.78 is 0. The van der Waals surface area contributed by atoms with Gasteiger partial charge in [-0.05, 0) is 29.0 Å². The first-order valence-electron chi connectivity index (χ1n) is 9.96. The minimum Gasteiger partial charge on any atom is -0.393 e. The maximum Gasteiger partial charge on any atom is 0.270 e. The number of nitrogen functional groups attached to an aromatic ring is 1. The van der Waals surface area contributed by atoms with Crippen molar-refractivity contribution in [2.75, 3.05) is 16.5 Å². The number of aromatic nitrogens is 3. The van der Waals surface area contributed by atoms with Gasteiger partial charge in [0.25, 0.3) is 5.91 Å². The number of hydrogen-bond acceptors (Lipinski definition) is 7. The third kappa shape index (κ3) is 3.61. The van der Waals surface area contributed by atoms with Crippen molar-refractivity contribution in [3.8, 4) is 0 Å². The van der Waals surface area contributed by atoms with Crippen molar-refractivity contribution < 1.29 is 4.79 Å². The third-order valence-corrected chi connectivity index (χ3v) is 5.10. The minimum absolute atomic E-state index is 0.263. The molecule has 5 rings (SSSR count). The molecule has 32 heavy (non-hydrogen) atoms. The minimum atomic E-state index is -0.299. The van der Waals surface area contributed by atoms with Gasteiger partial charge in [0.2, 0.25) is 0 Å². The fourth-order valence-electron chi connectivity index (χ4n) is 3.53. The van der Waals surface area contributed by atoms with Crippen LogP contribution in [0.1, 0.15) is 10.4 Å². The first-order valence-corrected chi connectivity index (χ1v) is 9.96. The Hall–Kier alpha value is -4.72. The number of para-hydroxylation sites is 1. The number of hydrogen-bond donors (Lipinski definition) is 4. The molecule has 8 heteroatoms. The van der Waals surface area contributed by atoms with Crippen molar-refractivity contribution in [1.29, 1.82) is 0 Å². The number of nitrogens with two attached hydrogens (primary N) is 1. The summed E-state index contributed by atoms with van der Waals surface area (Å²) in [7, 11) is 0. The van der Waals surface area contributed by atoms with Crippen LogP contribution in [0.15, 0.2) is 85.3 Å². The number of pyridine rings is 1. The Bertz CT molecular complexity index is 1440. The van der Waals surface area contributed by atoms with Gasteiger partial charge in [0, 0.05) is 17.1 Å².